The minimum atomic E-state index is 0.180. The maximum atomic E-state index is 5.91. The van der Waals surface area contributed by atoms with Crippen molar-refractivity contribution in [2.24, 2.45) is 0 Å². The van der Waals surface area contributed by atoms with Crippen molar-refractivity contribution in [1.29, 1.82) is 0 Å². The molecule has 0 atom stereocenters. The summed E-state index contributed by atoms with van der Waals surface area (Å²) >= 11 is 5.91. The van der Waals surface area contributed by atoms with Crippen LogP contribution in [-0.4, -0.2) is 17.1 Å². The number of anilines is 1. The zero-order chi connectivity index (χ0) is 12.3. The van der Waals surface area contributed by atoms with Crippen molar-refractivity contribution in [1.82, 2.24) is 9.97 Å². The molecule has 1 aromatic carbocycles. The lowest BCUT2D eigenvalue weighted by Gasteiger charge is -2.08. The zero-order valence-electron chi connectivity index (χ0n) is 9.05. The molecule has 0 unspecified atom stereocenters. The predicted molar refractivity (Wildman–Crippen MR) is 64.5 cm³/mol. The number of halogens is 1. The van der Waals surface area contributed by atoms with E-state index in [0.717, 1.165) is 0 Å². The Kier molecular flexibility index (Phi) is 3.30. The molecule has 0 aliphatic rings. The van der Waals surface area contributed by atoms with Gasteiger partial charge in [0.2, 0.25) is 5.88 Å². The number of hydrogen-bond donors (Lipinski definition) is 1. The van der Waals surface area contributed by atoms with Crippen LogP contribution in [0.2, 0.25) is 5.02 Å². The van der Waals surface area contributed by atoms with E-state index >= 15 is 0 Å². The number of ether oxygens (including phenoxy) is 2. The van der Waals surface area contributed by atoms with E-state index in [-0.39, 0.29) is 16.7 Å². The van der Waals surface area contributed by atoms with Gasteiger partial charge >= 0.3 is 0 Å². The molecule has 88 valence electrons. The van der Waals surface area contributed by atoms with E-state index in [9.17, 15) is 0 Å². The van der Waals surface area contributed by atoms with Crippen LogP contribution >= 0.6 is 11.6 Å². The first-order valence-electron chi connectivity index (χ1n) is 4.78. The maximum absolute atomic E-state index is 5.91. The smallest absolute Gasteiger partial charge is 0.243 e. The largest absolute Gasteiger partial charge is 0.497 e. The van der Waals surface area contributed by atoms with Crippen LogP contribution in [-0.2, 0) is 0 Å². The summed E-state index contributed by atoms with van der Waals surface area (Å²) in [4.78, 5) is 7.65. The number of methoxy groups -OCH3 is 1. The Morgan fingerprint density at radius 1 is 1.24 bits per heavy atom. The Bertz CT molecular complexity index is 534. The standard InChI is InChI=1S/C11H10ClN3O2/c1-16-7-3-2-4-8(5-7)17-11-9(12)10(13)14-6-15-11/h2-6H,1H3,(H2,13,14,15). The van der Waals surface area contributed by atoms with Gasteiger partial charge < -0.3 is 15.2 Å². The Hall–Kier alpha value is -2.01. The Morgan fingerprint density at radius 2 is 2.00 bits per heavy atom. The number of nitrogens with two attached hydrogens (primary N) is 1. The molecule has 17 heavy (non-hydrogen) atoms. The molecule has 0 saturated heterocycles. The summed E-state index contributed by atoms with van der Waals surface area (Å²) in [6.45, 7) is 0. The Labute approximate surface area is 103 Å². The SMILES string of the molecule is COc1cccc(Oc2ncnc(N)c2Cl)c1. The normalized spacial score (nSPS) is 10.0. The fourth-order valence-electron chi connectivity index (χ4n) is 1.21. The van der Waals surface area contributed by atoms with Crippen molar-refractivity contribution in [2.75, 3.05) is 12.8 Å². The van der Waals surface area contributed by atoms with Crippen LogP contribution in [0.5, 0.6) is 17.4 Å². The fourth-order valence-corrected chi connectivity index (χ4v) is 1.35. The van der Waals surface area contributed by atoms with Gasteiger partial charge in [-0.1, -0.05) is 17.7 Å². The highest BCUT2D eigenvalue weighted by molar-refractivity contribution is 6.34. The lowest BCUT2D eigenvalue weighted by molar-refractivity contribution is 0.407. The van der Waals surface area contributed by atoms with Crippen LogP contribution in [0.15, 0.2) is 30.6 Å². The van der Waals surface area contributed by atoms with Gasteiger partial charge in [0.1, 0.15) is 28.7 Å². The van der Waals surface area contributed by atoms with Crippen molar-refractivity contribution in [3.05, 3.63) is 35.6 Å². The Balaban J connectivity index is 2.28. The van der Waals surface area contributed by atoms with Gasteiger partial charge in [-0.3, -0.25) is 0 Å². The number of nitrogens with zero attached hydrogens (tertiary/aromatic N) is 2. The summed E-state index contributed by atoms with van der Waals surface area (Å²) in [7, 11) is 1.58. The number of benzene rings is 1. The zero-order valence-corrected chi connectivity index (χ0v) is 9.81. The third-order valence-electron chi connectivity index (χ3n) is 2.04. The van der Waals surface area contributed by atoms with E-state index in [0.29, 0.717) is 11.5 Å². The molecular weight excluding hydrogens is 242 g/mol. The molecule has 1 aromatic heterocycles. The second-order valence-corrected chi connectivity index (χ2v) is 3.54. The number of hydrogen-bond acceptors (Lipinski definition) is 5. The molecule has 0 aliphatic heterocycles. The second-order valence-electron chi connectivity index (χ2n) is 3.16. The highest BCUT2D eigenvalue weighted by Gasteiger charge is 2.09. The van der Waals surface area contributed by atoms with Gasteiger partial charge in [-0.15, -0.1) is 0 Å². The van der Waals surface area contributed by atoms with Gasteiger partial charge in [0, 0.05) is 6.07 Å². The quantitative estimate of drug-likeness (QED) is 0.908. The Morgan fingerprint density at radius 3 is 2.76 bits per heavy atom. The number of aromatic nitrogens is 2. The average Bonchev–Trinajstić information content (AvgIpc) is 2.35. The number of nitrogen functional groups attached to an aromatic ring is 1. The molecule has 5 nitrogen and oxygen atoms in total. The molecule has 0 radical (unpaired) electrons. The van der Waals surface area contributed by atoms with E-state index < -0.39 is 0 Å². The molecule has 0 aliphatic carbocycles. The highest BCUT2D eigenvalue weighted by atomic mass is 35.5. The minimum Gasteiger partial charge on any atom is -0.497 e. The molecule has 2 rings (SSSR count). The van der Waals surface area contributed by atoms with Crippen molar-refractivity contribution in [2.45, 2.75) is 0 Å². The second kappa shape index (κ2) is 4.88. The maximum Gasteiger partial charge on any atom is 0.243 e. The fraction of sp³-hybridized carbons (Fsp3) is 0.0909. The van der Waals surface area contributed by atoms with Crippen molar-refractivity contribution >= 4 is 17.4 Å². The molecule has 0 amide bonds. The molecule has 0 bridgehead atoms. The van der Waals surface area contributed by atoms with Crippen LogP contribution in [0.25, 0.3) is 0 Å². The van der Waals surface area contributed by atoms with E-state index in [1.54, 1.807) is 25.3 Å². The van der Waals surface area contributed by atoms with Crippen LogP contribution in [0.3, 0.4) is 0 Å². The molecule has 0 spiro atoms. The molecular formula is C11H10ClN3O2. The van der Waals surface area contributed by atoms with Gasteiger partial charge in [0.15, 0.2) is 0 Å². The van der Waals surface area contributed by atoms with E-state index in [2.05, 4.69) is 9.97 Å². The summed E-state index contributed by atoms with van der Waals surface area (Å²) in [5, 5.41) is 0.190. The van der Waals surface area contributed by atoms with Crippen molar-refractivity contribution < 1.29 is 9.47 Å². The van der Waals surface area contributed by atoms with Crippen LogP contribution < -0.4 is 15.2 Å². The van der Waals surface area contributed by atoms with Crippen molar-refractivity contribution in [3.63, 3.8) is 0 Å². The first-order chi connectivity index (χ1) is 8.20. The van der Waals surface area contributed by atoms with Crippen LogP contribution in [0.4, 0.5) is 5.82 Å². The first kappa shape index (κ1) is 11.5. The molecule has 1 heterocycles. The first-order valence-corrected chi connectivity index (χ1v) is 5.16. The van der Waals surface area contributed by atoms with Gasteiger partial charge in [-0.05, 0) is 12.1 Å². The summed E-state index contributed by atoms with van der Waals surface area (Å²) in [6.07, 6.45) is 1.29. The average molecular weight is 252 g/mol. The van der Waals surface area contributed by atoms with Crippen LogP contribution in [0, 0.1) is 0 Å². The summed E-state index contributed by atoms with van der Waals surface area (Å²) < 4.78 is 10.6. The summed E-state index contributed by atoms with van der Waals surface area (Å²) in [5.74, 6) is 1.64. The molecule has 0 saturated carbocycles. The summed E-state index contributed by atoms with van der Waals surface area (Å²) in [5.41, 5.74) is 5.54. The van der Waals surface area contributed by atoms with Gasteiger partial charge in [0.25, 0.3) is 0 Å². The van der Waals surface area contributed by atoms with E-state index in [1.807, 2.05) is 6.07 Å². The topological polar surface area (TPSA) is 70.3 Å². The molecule has 2 N–H and O–H groups in total. The van der Waals surface area contributed by atoms with Gasteiger partial charge in [-0.2, -0.15) is 4.98 Å². The predicted octanol–water partition coefficient (Wildman–Crippen LogP) is 2.51. The molecule has 0 fully saturated rings. The van der Waals surface area contributed by atoms with E-state index in [1.165, 1.54) is 6.33 Å². The van der Waals surface area contributed by atoms with Crippen LogP contribution in [0.1, 0.15) is 0 Å². The highest BCUT2D eigenvalue weighted by Crippen LogP contribution is 2.30. The minimum absolute atomic E-state index is 0.180. The monoisotopic (exact) mass is 251 g/mol. The summed E-state index contributed by atoms with van der Waals surface area (Å²) in [6, 6.07) is 7.08. The number of rotatable bonds is 3. The molecule has 2 aromatic rings. The third-order valence-corrected chi connectivity index (χ3v) is 2.40. The van der Waals surface area contributed by atoms with E-state index in [4.69, 9.17) is 26.8 Å². The van der Waals surface area contributed by atoms with Gasteiger partial charge in [-0.25, -0.2) is 4.98 Å². The van der Waals surface area contributed by atoms with Gasteiger partial charge in [0.05, 0.1) is 7.11 Å². The third kappa shape index (κ3) is 2.57. The van der Waals surface area contributed by atoms with Crippen molar-refractivity contribution in [3.8, 4) is 17.4 Å². The lowest BCUT2D eigenvalue weighted by Crippen LogP contribution is -1.96. The molecule has 6 heteroatoms. The lowest BCUT2D eigenvalue weighted by atomic mass is 10.3.